The van der Waals surface area contributed by atoms with Gasteiger partial charge in [0, 0.05) is 0 Å². The van der Waals surface area contributed by atoms with Gasteiger partial charge in [0.15, 0.2) is 17.5 Å². The summed E-state index contributed by atoms with van der Waals surface area (Å²) in [6, 6.07) is 5.09. The first kappa shape index (κ1) is 16.4. The molecule has 0 radical (unpaired) electrons. The lowest BCUT2D eigenvalue weighted by Gasteiger charge is -2.11. The maximum atomic E-state index is 13.6. The Morgan fingerprint density at radius 2 is 1.77 bits per heavy atom. The SMILES string of the molecule is COc1ccc(NS(=O)(=O)c2ccc(F)c(F)c2F)cc1Cl. The third-order valence-corrected chi connectivity index (χ3v) is 4.39. The maximum absolute atomic E-state index is 13.6. The lowest BCUT2D eigenvalue weighted by Crippen LogP contribution is -2.15. The molecule has 0 aliphatic carbocycles. The molecule has 0 spiro atoms. The highest BCUT2D eigenvalue weighted by Gasteiger charge is 2.24. The second-order valence-electron chi connectivity index (χ2n) is 4.13. The number of benzene rings is 2. The van der Waals surface area contributed by atoms with Crippen molar-refractivity contribution in [1.29, 1.82) is 0 Å². The van der Waals surface area contributed by atoms with Crippen LogP contribution < -0.4 is 9.46 Å². The third kappa shape index (κ3) is 3.12. The minimum absolute atomic E-state index is 0.00920. The molecule has 0 amide bonds. The van der Waals surface area contributed by atoms with Crippen molar-refractivity contribution in [3.63, 3.8) is 0 Å². The molecule has 0 fully saturated rings. The van der Waals surface area contributed by atoms with Gasteiger partial charge in [0.2, 0.25) is 0 Å². The first-order chi connectivity index (χ1) is 10.3. The molecule has 0 heterocycles. The van der Waals surface area contributed by atoms with E-state index in [1.807, 2.05) is 4.72 Å². The summed E-state index contributed by atoms with van der Waals surface area (Å²) in [5.74, 6) is -4.84. The summed E-state index contributed by atoms with van der Waals surface area (Å²) in [6.45, 7) is 0. The van der Waals surface area contributed by atoms with Crippen molar-refractivity contribution >= 4 is 27.3 Å². The van der Waals surface area contributed by atoms with E-state index in [1.165, 1.54) is 25.3 Å². The standard InChI is InChI=1S/C13H9ClF3NO3S/c1-21-10-4-2-7(6-8(10)14)18-22(19,20)11-5-3-9(15)12(16)13(11)17/h2-6,18H,1H3. The zero-order valence-electron chi connectivity index (χ0n) is 11.0. The van der Waals surface area contributed by atoms with Gasteiger partial charge < -0.3 is 4.74 Å². The number of methoxy groups -OCH3 is 1. The highest BCUT2D eigenvalue weighted by Crippen LogP contribution is 2.29. The molecule has 2 rings (SSSR count). The molecule has 0 aromatic heterocycles. The van der Waals surface area contributed by atoms with Gasteiger partial charge in [-0.25, -0.2) is 21.6 Å². The van der Waals surface area contributed by atoms with Crippen molar-refractivity contribution < 1.29 is 26.3 Å². The molecule has 22 heavy (non-hydrogen) atoms. The van der Waals surface area contributed by atoms with Gasteiger partial charge in [0.1, 0.15) is 10.6 Å². The summed E-state index contributed by atoms with van der Waals surface area (Å²) < 4.78 is 70.6. The van der Waals surface area contributed by atoms with E-state index in [4.69, 9.17) is 16.3 Å². The van der Waals surface area contributed by atoms with Crippen LogP contribution in [0.2, 0.25) is 5.02 Å². The van der Waals surface area contributed by atoms with Crippen LogP contribution in [0.5, 0.6) is 5.75 Å². The van der Waals surface area contributed by atoms with Crippen LogP contribution in [0.4, 0.5) is 18.9 Å². The number of hydrogen-bond acceptors (Lipinski definition) is 3. The van der Waals surface area contributed by atoms with Crippen molar-refractivity contribution in [2.24, 2.45) is 0 Å². The van der Waals surface area contributed by atoms with E-state index >= 15 is 0 Å². The van der Waals surface area contributed by atoms with Crippen molar-refractivity contribution in [3.05, 3.63) is 52.8 Å². The van der Waals surface area contributed by atoms with Crippen LogP contribution in [0, 0.1) is 17.5 Å². The van der Waals surface area contributed by atoms with Gasteiger partial charge in [0.05, 0.1) is 17.8 Å². The van der Waals surface area contributed by atoms with Crippen LogP contribution in [0.1, 0.15) is 0 Å². The number of halogens is 4. The second-order valence-corrected chi connectivity index (χ2v) is 6.19. The molecule has 0 saturated carbocycles. The highest BCUT2D eigenvalue weighted by molar-refractivity contribution is 7.92. The van der Waals surface area contributed by atoms with E-state index in [1.54, 1.807) is 0 Å². The predicted octanol–water partition coefficient (Wildman–Crippen LogP) is 3.57. The van der Waals surface area contributed by atoms with Gasteiger partial charge in [-0.3, -0.25) is 4.72 Å². The Labute approximate surface area is 129 Å². The Kier molecular flexibility index (Phi) is 4.52. The quantitative estimate of drug-likeness (QED) is 0.857. The highest BCUT2D eigenvalue weighted by atomic mass is 35.5. The van der Waals surface area contributed by atoms with Gasteiger partial charge >= 0.3 is 0 Å². The first-order valence-electron chi connectivity index (χ1n) is 5.76. The number of anilines is 1. The third-order valence-electron chi connectivity index (χ3n) is 2.69. The molecule has 2 aromatic rings. The molecule has 0 saturated heterocycles. The number of hydrogen-bond donors (Lipinski definition) is 1. The Hall–Kier alpha value is -1.93. The molecular formula is C13H9ClF3NO3S. The fraction of sp³-hybridized carbons (Fsp3) is 0.0769. The molecular weight excluding hydrogens is 343 g/mol. The lowest BCUT2D eigenvalue weighted by molar-refractivity contribution is 0.415. The van der Waals surface area contributed by atoms with Crippen LogP contribution in [0.3, 0.4) is 0 Å². The van der Waals surface area contributed by atoms with Crippen LogP contribution in [-0.4, -0.2) is 15.5 Å². The maximum Gasteiger partial charge on any atom is 0.264 e. The summed E-state index contributed by atoms with van der Waals surface area (Å²) in [5, 5.41) is 0.119. The van der Waals surface area contributed by atoms with Gasteiger partial charge in [0.25, 0.3) is 10.0 Å². The van der Waals surface area contributed by atoms with Crippen molar-refractivity contribution in [2.45, 2.75) is 4.90 Å². The fourth-order valence-electron chi connectivity index (χ4n) is 1.66. The summed E-state index contributed by atoms with van der Waals surface area (Å²) in [4.78, 5) is -1.02. The van der Waals surface area contributed by atoms with Crippen LogP contribution in [-0.2, 0) is 10.0 Å². The largest absolute Gasteiger partial charge is 0.495 e. The van der Waals surface area contributed by atoms with Crippen LogP contribution >= 0.6 is 11.6 Å². The Bertz CT molecular complexity index is 828. The zero-order valence-corrected chi connectivity index (χ0v) is 12.6. The minimum Gasteiger partial charge on any atom is -0.495 e. The Morgan fingerprint density at radius 1 is 1.09 bits per heavy atom. The number of sulfonamides is 1. The smallest absolute Gasteiger partial charge is 0.264 e. The van der Waals surface area contributed by atoms with E-state index in [0.717, 1.165) is 0 Å². The molecule has 2 aromatic carbocycles. The summed E-state index contributed by atoms with van der Waals surface area (Å²) in [6.07, 6.45) is 0. The van der Waals surface area contributed by atoms with Crippen molar-refractivity contribution in [3.8, 4) is 5.75 Å². The molecule has 9 heteroatoms. The molecule has 0 atom stereocenters. The van der Waals surface area contributed by atoms with Crippen LogP contribution in [0.15, 0.2) is 35.2 Å². The summed E-state index contributed by atoms with van der Waals surface area (Å²) >= 11 is 5.84. The van der Waals surface area contributed by atoms with E-state index in [2.05, 4.69) is 0 Å². The zero-order chi connectivity index (χ0) is 16.5. The monoisotopic (exact) mass is 351 g/mol. The van der Waals surface area contributed by atoms with Gasteiger partial charge in [-0.1, -0.05) is 11.6 Å². The van der Waals surface area contributed by atoms with Crippen molar-refractivity contribution in [2.75, 3.05) is 11.8 Å². The molecule has 1 N–H and O–H groups in total. The first-order valence-corrected chi connectivity index (χ1v) is 7.62. The number of ether oxygens (including phenoxy) is 1. The fourth-order valence-corrected chi connectivity index (χ4v) is 3.03. The predicted molar refractivity (Wildman–Crippen MR) is 75.1 cm³/mol. The molecule has 118 valence electrons. The van der Waals surface area contributed by atoms with Crippen molar-refractivity contribution in [1.82, 2.24) is 0 Å². The van der Waals surface area contributed by atoms with E-state index in [9.17, 15) is 21.6 Å². The minimum atomic E-state index is -4.45. The molecule has 0 bridgehead atoms. The average Bonchev–Trinajstić information content (AvgIpc) is 2.44. The number of nitrogens with one attached hydrogen (secondary N) is 1. The summed E-state index contributed by atoms with van der Waals surface area (Å²) in [5.41, 5.74) is 0.00920. The van der Waals surface area contributed by atoms with E-state index in [0.29, 0.717) is 17.9 Å². The van der Waals surface area contributed by atoms with Gasteiger partial charge in [-0.2, -0.15) is 0 Å². The van der Waals surface area contributed by atoms with Crippen LogP contribution in [0.25, 0.3) is 0 Å². The second kappa shape index (κ2) is 6.05. The van der Waals surface area contributed by atoms with Gasteiger partial charge in [-0.15, -0.1) is 0 Å². The van der Waals surface area contributed by atoms with E-state index in [-0.39, 0.29) is 10.7 Å². The Balaban J connectivity index is 2.40. The lowest BCUT2D eigenvalue weighted by atomic mass is 10.3. The van der Waals surface area contributed by atoms with Gasteiger partial charge in [-0.05, 0) is 30.3 Å². The average molecular weight is 352 g/mol. The topological polar surface area (TPSA) is 55.4 Å². The molecule has 0 aliphatic heterocycles. The molecule has 0 aliphatic rings. The number of rotatable bonds is 4. The molecule has 0 unspecified atom stereocenters. The van der Waals surface area contributed by atoms with E-state index < -0.39 is 32.4 Å². The molecule has 4 nitrogen and oxygen atoms in total. The summed E-state index contributed by atoms with van der Waals surface area (Å²) in [7, 11) is -3.07. The normalized spacial score (nSPS) is 11.3. The Morgan fingerprint density at radius 3 is 2.36 bits per heavy atom.